The summed E-state index contributed by atoms with van der Waals surface area (Å²) >= 11 is 0. The van der Waals surface area contributed by atoms with Crippen molar-refractivity contribution in [2.45, 2.75) is 12.6 Å². The van der Waals surface area contributed by atoms with Crippen LogP contribution in [0.1, 0.15) is 22.7 Å². The van der Waals surface area contributed by atoms with Gasteiger partial charge in [-0.25, -0.2) is 4.39 Å². The molecule has 1 aliphatic rings. The van der Waals surface area contributed by atoms with Gasteiger partial charge in [-0.3, -0.25) is 14.6 Å². The van der Waals surface area contributed by atoms with Gasteiger partial charge >= 0.3 is 0 Å². The lowest BCUT2D eigenvalue weighted by atomic mass is 9.95. The van der Waals surface area contributed by atoms with E-state index in [0.29, 0.717) is 22.6 Å². The molecule has 2 heterocycles. The smallest absolute Gasteiger partial charge is 0.295 e. The van der Waals surface area contributed by atoms with E-state index in [1.54, 1.807) is 42.7 Å². The van der Waals surface area contributed by atoms with Gasteiger partial charge in [-0.15, -0.1) is 0 Å². The Hall–Kier alpha value is -4.20. The Bertz CT molecular complexity index is 1230. The number of carbonyl (C=O) groups excluding carboxylic acids is 2. The van der Waals surface area contributed by atoms with Crippen molar-refractivity contribution in [1.29, 1.82) is 0 Å². The van der Waals surface area contributed by atoms with Gasteiger partial charge in [-0.1, -0.05) is 12.1 Å². The number of amides is 1. The van der Waals surface area contributed by atoms with E-state index in [4.69, 9.17) is 9.47 Å². The second-order valence-corrected chi connectivity index (χ2v) is 7.41. The van der Waals surface area contributed by atoms with Crippen LogP contribution in [-0.4, -0.2) is 40.9 Å². The maximum Gasteiger partial charge on any atom is 0.295 e. The lowest BCUT2D eigenvalue weighted by Crippen LogP contribution is -2.29. The van der Waals surface area contributed by atoms with Gasteiger partial charge < -0.3 is 19.5 Å². The fourth-order valence-corrected chi connectivity index (χ4v) is 3.86. The molecule has 3 aromatic rings. The van der Waals surface area contributed by atoms with E-state index in [-0.39, 0.29) is 23.4 Å². The summed E-state index contributed by atoms with van der Waals surface area (Å²) in [5.41, 5.74) is 1.38. The van der Waals surface area contributed by atoms with Crippen molar-refractivity contribution in [2.24, 2.45) is 0 Å². The minimum absolute atomic E-state index is 0.0947. The van der Waals surface area contributed by atoms with Gasteiger partial charge in [0.25, 0.3) is 11.7 Å². The second-order valence-electron chi connectivity index (χ2n) is 7.41. The van der Waals surface area contributed by atoms with Crippen LogP contribution in [0.5, 0.6) is 11.5 Å². The minimum atomic E-state index is -0.907. The Morgan fingerprint density at radius 3 is 2.42 bits per heavy atom. The number of ketones is 1. The van der Waals surface area contributed by atoms with Gasteiger partial charge in [0, 0.05) is 24.5 Å². The molecule has 1 fully saturated rings. The molecule has 7 nitrogen and oxygen atoms in total. The van der Waals surface area contributed by atoms with Crippen LogP contribution in [0.25, 0.3) is 5.76 Å². The first kappa shape index (κ1) is 22.0. The quantitative estimate of drug-likeness (QED) is 0.350. The van der Waals surface area contributed by atoms with Crippen molar-refractivity contribution in [3.8, 4) is 11.5 Å². The number of benzene rings is 2. The predicted octanol–water partition coefficient (Wildman–Crippen LogP) is 3.86. The molecule has 0 spiro atoms. The average Bonchev–Trinajstić information content (AvgIpc) is 3.09. The molecule has 4 rings (SSSR count). The standard InChI is InChI=1S/C25H21FN2O5/c1-32-19-10-7-17(12-20(19)33-2)22-21(23(29)16-5-8-18(26)9-6-16)24(30)25(31)28(22)14-15-4-3-11-27-13-15/h3-13,22,29H,14H2,1-2H3/t22-/m0/s1. The molecule has 1 N–H and O–H groups in total. The third-order valence-corrected chi connectivity index (χ3v) is 5.46. The Morgan fingerprint density at radius 1 is 1.06 bits per heavy atom. The summed E-state index contributed by atoms with van der Waals surface area (Å²) in [5.74, 6) is -1.59. The molecule has 1 aliphatic heterocycles. The van der Waals surface area contributed by atoms with Gasteiger partial charge in [0.2, 0.25) is 0 Å². The molecule has 1 amide bonds. The SMILES string of the molecule is COc1ccc([C@H]2C(=C(O)c3ccc(F)cc3)C(=O)C(=O)N2Cc2cccnc2)cc1OC. The van der Waals surface area contributed by atoms with Crippen molar-refractivity contribution in [3.63, 3.8) is 0 Å². The third-order valence-electron chi connectivity index (χ3n) is 5.46. The maximum atomic E-state index is 13.4. The van der Waals surface area contributed by atoms with Gasteiger partial charge in [0.1, 0.15) is 11.6 Å². The van der Waals surface area contributed by atoms with Crippen LogP contribution in [0, 0.1) is 5.82 Å². The number of nitrogens with zero attached hydrogens (tertiary/aromatic N) is 2. The van der Waals surface area contributed by atoms with Crippen molar-refractivity contribution in [3.05, 3.63) is 95.1 Å². The lowest BCUT2D eigenvalue weighted by molar-refractivity contribution is -0.140. The Kier molecular flexibility index (Phi) is 6.08. The molecule has 0 aliphatic carbocycles. The molecule has 0 radical (unpaired) electrons. The summed E-state index contributed by atoms with van der Waals surface area (Å²) in [6.45, 7) is 0.0949. The average molecular weight is 448 g/mol. The lowest BCUT2D eigenvalue weighted by Gasteiger charge is -2.26. The molecule has 168 valence electrons. The van der Waals surface area contributed by atoms with Gasteiger partial charge in [-0.2, -0.15) is 0 Å². The topological polar surface area (TPSA) is 89.0 Å². The Balaban J connectivity index is 1.89. The van der Waals surface area contributed by atoms with Crippen LogP contribution >= 0.6 is 0 Å². The molecule has 8 heteroatoms. The number of Topliss-reactive ketones (excluding diaryl/α,β-unsaturated/α-hetero) is 1. The zero-order valence-corrected chi connectivity index (χ0v) is 18.0. The molecule has 1 saturated heterocycles. The first-order valence-corrected chi connectivity index (χ1v) is 10.1. The molecule has 1 atom stereocenters. The van der Waals surface area contributed by atoms with E-state index in [1.807, 2.05) is 0 Å². The van der Waals surface area contributed by atoms with Crippen LogP contribution in [0.4, 0.5) is 4.39 Å². The summed E-state index contributed by atoms with van der Waals surface area (Å²) in [6, 6.07) is 12.7. The summed E-state index contributed by atoms with van der Waals surface area (Å²) in [7, 11) is 2.98. The van der Waals surface area contributed by atoms with Crippen molar-refractivity contribution < 1.29 is 28.6 Å². The number of aliphatic hydroxyl groups excluding tert-OH is 1. The van der Waals surface area contributed by atoms with Crippen molar-refractivity contribution >= 4 is 17.4 Å². The van der Waals surface area contributed by atoms with Gasteiger partial charge in [-0.05, 0) is 53.6 Å². The van der Waals surface area contributed by atoms with Gasteiger partial charge in [0.05, 0.1) is 25.8 Å². The van der Waals surface area contributed by atoms with Crippen molar-refractivity contribution in [1.82, 2.24) is 9.88 Å². The highest BCUT2D eigenvalue weighted by Gasteiger charge is 2.46. The first-order chi connectivity index (χ1) is 15.9. The molecular weight excluding hydrogens is 427 g/mol. The zero-order chi connectivity index (χ0) is 23.5. The summed E-state index contributed by atoms with van der Waals surface area (Å²) in [4.78, 5) is 31.6. The molecule has 0 bridgehead atoms. The number of rotatable bonds is 6. The highest BCUT2D eigenvalue weighted by molar-refractivity contribution is 6.46. The van der Waals surface area contributed by atoms with E-state index < -0.39 is 23.5 Å². The number of halogens is 1. The predicted molar refractivity (Wildman–Crippen MR) is 118 cm³/mol. The zero-order valence-electron chi connectivity index (χ0n) is 18.0. The first-order valence-electron chi connectivity index (χ1n) is 10.1. The number of likely N-dealkylation sites (tertiary alicyclic amines) is 1. The Labute approximate surface area is 189 Å². The van der Waals surface area contributed by atoms with E-state index in [9.17, 15) is 19.1 Å². The second kappa shape index (κ2) is 9.12. The summed E-state index contributed by atoms with van der Waals surface area (Å²) in [5, 5.41) is 11.0. The fraction of sp³-hybridized carbons (Fsp3) is 0.160. The van der Waals surface area contributed by atoms with E-state index >= 15 is 0 Å². The number of aliphatic hydroxyl groups is 1. The van der Waals surface area contributed by atoms with Crippen LogP contribution in [-0.2, 0) is 16.1 Å². The number of methoxy groups -OCH3 is 2. The van der Waals surface area contributed by atoms with Gasteiger partial charge in [0.15, 0.2) is 11.5 Å². The number of aromatic nitrogens is 1. The number of hydrogen-bond acceptors (Lipinski definition) is 6. The maximum absolute atomic E-state index is 13.4. The number of pyridine rings is 1. The summed E-state index contributed by atoms with van der Waals surface area (Å²) < 4.78 is 24.1. The van der Waals surface area contributed by atoms with Crippen molar-refractivity contribution in [2.75, 3.05) is 14.2 Å². The minimum Gasteiger partial charge on any atom is -0.507 e. The highest BCUT2D eigenvalue weighted by Crippen LogP contribution is 2.42. The molecule has 33 heavy (non-hydrogen) atoms. The van der Waals surface area contributed by atoms with Crippen LogP contribution in [0.3, 0.4) is 0 Å². The molecular formula is C25H21FN2O5. The van der Waals surface area contributed by atoms with Crippen LogP contribution < -0.4 is 9.47 Å². The molecule has 1 aromatic heterocycles. The van der Waals surface area contributed by atoms with Crippen LogP contribution in [0.2, 0.25) is 0 Å². The fourth-order valence-electron chi connectivity index (χ4n) is 3.86. The van der Waals surface area contributed by atoms with E-state index in [0.717, 1.165) is 0 Å². The largest absolute Gasteiger partial charge is 0.507 e. The number of ether oxygens (including phenoxy) is 2. The number of hydrogen-bond donors (Lipinski definition) is 1. The highest BCUT2D eigenvalue weighted by atomic mass is 19.1. The third kappa shape index (κ3) is 4.15. The molecule has 0 saturated carbocycles. The molecule has 0 unspecified atom stereocenters. The Morgan fingerprint density at radius 2 is 1.79 bits per heavy atom. The number of carbonyl (C=O) groups is 2. The van der Waals surface area contributed by atoms with Crippen LogP contribution in [0.15, 0.2) is 72.6 Å². The summed E-state index contributed by atoms with van der Waals surface area (Å²) in [6.07, 6.45) is 3.21. The molecule has 2 aromatic carbocycles. The normalized spacial score (nSPS) is 17.3. The van der Waals surface area contributed by atoms with E-state index in [1.165, 1.54) is 43.4 Å². The van der Waals surface area contributed by atoms with E-state index in [2.05, 4.69) is 4.98 Å². The monoisotopic (exact) mass is 448 g/mol.